The lowest BCUT2D eigenvalue weighted by atomic mass is 10.0. The van der Waals surface area contributed by atoms with Gasteiger partial charge in [0.25, 0.3) is 0 Å². The number of methoxy groups -OCH3 is 2. The molecule has 0 unspecified atom stereocenters. The smallest absolute Gasteiger partial charge is 0.191 e. The monoisotopic (exact) mass is 498 g/mol. The summed E-state index contributed by atoms with van der Waals surface area (Å²) >= 11 is 0. The maximum absolute atomic E-state index is 6.51. The molecule has 1 aromatic carbocycles. The van der Waals surface area contributed by atoms with Crippen molar-refractivity contribution in [1.29, 1.82) is 0 Å². The van der Waals surface area contributed by atoms with Gasteiger partial charge in [0.05, 0.1) is 39.6 Å². The van der Waals surface area contributed by atoms with Gasteiger partial charge >= 0.3 is 0 Å². The maximum Gasteiger partial charge on any atom is 0.191 e. The van der Waals surface area contributed by atoms with Crippen molar-refractivity contribution < 1.29 is 32.8 Å². The molecule has 0 saturated carbocycles. The Bertz CT molecular complexity index is 658. The zero-order chi connectivity index (χ0) is 25.5. The summed E-state index contributed by atoms with van der Waals surface area (Å²) in [6, 6.07) is 7.79. The molecule has 0 fully saturated rings. The van der Waals surface area contributed by atoms with E-state index in [-0.39, 0.29) is 30.6 Å². The largest absolute Gasteiger partial charge is 0.497 e. The van der Waals surface area contributed by atoms with Gasteiger partial charge in [-0.15, -0.1) is 6.58 Å². The van der Waals surface area contributed by atoms with E-state index in [2.05, 4.69) is 40.4 Å². The lowest BCUT2D eigenvalue weighted by Crippen LogP contribution is -2.44. The van der Waals surface area contributed by atoms with Crippen molar-refractivity contribution in [3.63, 3.8) is 0 Å². The molecule has 0 radical (unpaired) electrons. The SMILES string of the molecule is C=CC[C@@H](OCOCCOC)[C@@H](COCOCc1ccc(OC)cc1)CO[Si](C)(C)C(C)(C)C. The van der Waals surface area contributed by atoms with Crippen LogP contribution >= 0.6 is 0 Å². The summed E-state index contributed by atoms with van der Waals surface area (Å²) < 4.78 is 39.9. The summed E-state index contributed by atoms with van der Waals surface area (Å²) in [5, 5.41) is 0.123. The van der Waals surface area contributed by atoms with E-state index >= 15 is 0 Å². The van der Waals surface area contributed by atoms with Gasteiger partial charge in [0.1, 0.15) is 19.3 Å². The van der Waals surface area contributed by atoms with Crippen LogP contribution in [0.15, 0.2) is 36.9 Å². The van der Waals surface area contributed by atoms with Crippen LogP contribution in [0.25, 0.3) is 0 Å². The van der Waals surface area contributed by atoms with Crippen LogP contribution in [-0.4, -0.2) is 68.7 Å². The van der Waals surface area contributed by atoms with Crippen LogP contribution in [0.3, 0.4) is 0 Å². The summed E-state index contributed by atoms with van der Waals surface area (Å²) in [6.07, 6.45) is 2.40. The first kappa shape index (κ1) is 30.8. The predicted octanol–water partition coefficient (Wildman–Crippen LogP) is 5.41. The highest BCUT2D eigenvalue weighted by atomic mass is 28.4. The van der Waals surface area contributed by atoms with E-state index in [0.29, 0.717) is 39.5 Å². The van der Waals surface area contributed by atoms with Crippen LogP contribution in [0, 0.1) is 5.92 Å². The highest BCUT2D eigenvalue weighted by Gasteiger charge is 2.38. The summed E-state index contributed by atoms with van der Waals surface area (Å²) in [4.78, 5) is 0. The van der Waals surface area contributed by atoms with Crippen LogP contribution in [0.5, 0.6) is 5.75 Å². The molecule has 0 saturated heterocycles. The van der Waals surface area contributed by atoms with E-state index in [9.17, 15) is 0 Å². The first-order chi connectivity index (χ1) is 16.1. The Morgan fingerprint density at radius 2 is 1.65 bits per heavy atom. The third-order valence-electron chi connectivity index (χ3n) is 6.11. The lowest BCUT2D eigenvalue weighted by molar-refractivity contribution is -0.137. The van der Waals surface area contributed by atoms with Gasteiger partial charge in [-0.1, -0.05) is 39.0 Å². The van der Waals surface area contributed by atoms with Crippen molar-refractivity contribution in [2.24, 2.45) is 5.92 Å². The molecule has 0 N–H and O–H groups in total. The van der Waals surface area contributed by atoms with Crippen LogP contribution < -0.4 is 4.74 Å². The van der Waals surface area contributed by atoms with Gasteiger partial charge in [-0.05, 0) is 42.2 Å². The first-order valence-electron chi connectivity index (χ1n) is 11.9. The maximum atomic E-state index is 6.51. The zero-order valence-corrected chi connectivity index (χ0v) is 23.3. The second-order valence-corrected chi connectivity index (χ2v) is 14.6. The molecular weight excluding hydrogens is 452 g/mol. The highest BCUT2D eigenvalue weighted by molar-refractivity contribution is 6.74. The molecule has 7 nitrogen and oxygen atoms in total. The second-order valence-electron chi connectivity index (χ2n) is 9.76. The van der Waals surface area contributed by atoms with Crippen molar-refractivity contribution in [3.05, 3.63) is 42.5 Å². The molecule has 2 atom stereocenters. The van der Waals surface area contributed by atoms with Gasteiger partial charge in [0, 0.05) is 19.6 Å². The molecule has 0 aromatic heterocycles. The topological polar surface area (TPSA) is 64.6 Å². The number of benzene rings is 1. The fraction of sp³-hybridized carbons (Fsp3) is 0.692. The van der Waals surface area contributed by atoms with E-state index in [1.54, 1.807) is 14.2 Å². The van der Waals surface area contributed by atoms with E-state index in [1.807, 2.05) is 30.3 Å². The Hall–Kier alpha value is -1.26. The molecule has 1 rings (SSSR count). The standard InChI is InChI=1S/C26H46O7Si/c1-9-10-25(32-21-29-16-15-27-5)23(19-33-34(7,8)26(2,3)4)18-31-20-30-17-22-11-13-24(28-6)14-12-22/h9,11-14,23,25H,1,10,15-21H2,2-8H3/t23-,25+/m0/s1. The van der Waals surface area contributed by atoms with Crippen LogP contribution in [0.2, 0.25) is 18.1 Å². The van der Waals surface area contributed by atoms with Crippen molar-refractivity contribution >= 4 is 8.32 Å². The molecule has 196 valence electrons. The van der Waals surface area contributed by atoms with Crippen LogP contribution in [0.1, 0.15) is 32.8 Å². The summed E-state index contributed by atoms with van der Waals surface area (Å²) in [6.45, 7) is 18.0. The lowest BCUT2D eigenvalue weighted by Gasteiger charge is -2.38. The van der Waals surface area contributed by atoms with E-state index in [0.717, 1.165) is 11.3 Å². The van der Waals surface area contributed by atoms with Crippen molar-refractivity contribution in [3.8, 4) is 5.75 Å². The Kier molecular flexibility index (Phi) is 14.9. The predicted molar refractivity (Wildman–Crippen MR) is 138 cm³/mol. The molecule has 0 spiro atoms. The Morgan fingerprint density at radius 1 is 0.941 bits per heavy atom. The van der Waals surface area contributed by atoms with E-state index in [1.165, 1.54) is 0 Å². The van der Waals surface area contributed by atoms with Crippen LogP contribution in [-0.2, 0) is 34.7 Å². The molecule has 0 amide bonds. The Balaban J connectivity index is 2.65. The van der Waals surface area contributed by atoms with Gasteiger partial charge in [0.2, 0.25) is 0 Å². The minimum absolute atomic E-state index is 0.0164. The number of hydrogen-bond donors (Lipinski definition) is 0. The molecule has 0 aliphatic rings. The Morgan fingerprint density at radius 3 is 2.24 bits per heavy atom. The van der Waals surface area contributed by atoms with Gasteiger partial charge in [0.15, 0.2) is 8.32 Å². The second kappa shape index (κ2) is 16.4. The summed E-state index contributed by atoms with van der Waals surface area (Å²) in [7, 11) is 1.38. The third kappa shape index (κ3) is 11.9. The molecule has 0 heterocycles. The van der Waals surface area contributed by atoms with Gasteiger partial charge in [-0.25, -0.2) is 0 Å². The molecule has 0 bridgehead atoms. The fourth-order valence-corrected chi connectivity index (χ4v) is 3.90. The van der Waals surface area contributed by atoms with Crippen molar-refractivity contribution in [2.45, 2.75) is 58.0 Å². The minimum atomic E-state index is -1.92. The van der Waals surface area contributed by atoms with Gasteiger partial charge in [-0.3, -0.25) is 0 Å². The molecule has 1 aromatic rings. The molecule has 34 heavy (non-hydrogen) atoms. The number of rotatable bonds is 19. The first-order valence-corrected chi connectivity index (χ1v) is 14.8. The molecule has 0 aliphatic heterocycles. The summed E-state index contributed by atoms with van der Waals surface area (Å²) in [5.74, 6) is 0.840. The zero-order valence-electron chi connectivity index (χ0n) is 22.3. The molecule has 0 aliphatic carbocycles. The number of ether oxygens (including phenoxy) is 6. The quantitative estimate of drug-likeness (QED) is 0.109. The average molecular weight is 499 g/mol. The van der Waals surface area contributed by atoms with E-state index in [4.69, 9.17) is 32.8 Å². The van der Waals surface area contributed by atoms with E-state index < -0.39 is 8.32 Å². The normalized spacial score (nSPS) is 14.1. The number of hydrogen-bond acceptors (Lipinski definition) is 7. The van der Waals surface area contributed by atoms with Crippen molar-refractivity contribution in [1.82, 2.24) is 0 Å². The molecule has 8 heteroatoms. The van der Waals surface area contributed by atoms with Crippen LogP contribution in [0.4, 0.5) is 0 Å². The molecular formula is C26H46O7Si. The average Bonchev–Trinajstić information content (AvgIpc) is 2.79. The summed E-state index contributed by atoms with van der Waals surface area (Å²) in [5.41, 5.74) is 1.06. The van der Waals surface area contributed by atoms with Crippen molar-refractivity contribution in [2.75, 3.05) is 54.2 Å². The minimum Gasteiger partial charge on any atom is -0.497 e. The fourth-order valence-electron chi connectivity index (χ4n) is 2.83. The van der Waals surface area contributed by atoms with Gasteiger partial charge in [-0.2, -0.15) is 0 Å². The Labute approximate surface area is 207 Å². The van der Waals surface area contributed by atoms with Gasteiger partial charge < -0.3 is 32.8 Å². The highest BCUT2D eigenvalue weighted by Crippen LogP contribution is 2.37. The third-order valence-corrected chi connectivity index (χ3v) is 10.6.